The molecule has 1 atom stereocenters. The van der Waals surface area contributed by atoms with Crippen molar-refractivity contribution in [1.82, 2.24) is 9.55 Å². The first-order valence-electron chi connectivity index (χ1n) is 7.37. The summed E-state index contributed by atoms with van der Waals surface area (Å²) in [6.07, 6.45) is 2.27. The molecule has 0 N–H and O–H groups in total. The van der Waals surface area contributed by atoms with Crippen molar-refractivity contribution in [3.8, 4) is 11.8 Å². The maximum absolute atomic E-state index is 13.1. The zero-order valence-electron chi connectivity index (χ0n) is 11.9. The molecular weight excluding hydrogens is 281 g/mol. The second-order valence-electron chi connectivity index (χ2n) is 5.64. The Hall–Kier alpha value is -2.61. The molecule has 4 rings (SSSR count). The molecule has 1 aromatic carbocycles. The second kappa shape index (κ2) is 4.99. The Labute approximate surface area is 127 Å². The number of aromatic nitrogens is 2. The van der Waals surface area contributed by atoms with Crippen LogP contribution in [0.15, 0.2) is 35.1 Å². The van der Waals surface area contributed by atoms with E-state index in [1.54, 1.807) is 16.7 Å². The van der Waals surface area contributed by atoms with Crippen LogP contribution in [-0.2, 0) is 6.54 Å². The van der Waals surface area contributed by atoms with Crippen LogP contribution in [0.2, 0.25) is 0 Å². The van der Waals surface area contributed by atoms with Gasteiger partial charge in [-0.1, -0.05) is 12.0 Å². The fourth-order valence-electron chi connectivity index (χ4n) is 3.21. The topological polar surface area (TPSA) is 38.1 Å². The van der Waals surface area contributed by atoms with Gasteiger partial charge in [-0.25, -0.2) is 9.18 Å². The number of fused-ring (bicyclic) bond motifs is 3. The fraction of sp³-hybridized carbons (Fsp3) is 0.294. The lowest BCUT2D eigenvalue weighted by molar-refractivity contribution is 0.604. The molecule has 1 saturated heterocycles. The highest BCUT2D eigenvalue weighted by Crippen LogP contribution is 2.31. The van der Waals surface area contributed by atoms with E-state index in [0.29, 0.717) is 17.3 Å². The molecule has 2 aliphatic heterocycles. The number of hydrogen-bond donors (Lipinski definition) is 0. The van der Waals surface area contributed by atoms with Crippen LogP contribution in [0.5, 0.6) is 0 Å². The summed E-state index contributed by atoms with van der Waals surface area (Å²) in [6, 6.07) is 8.36. The molecule has 2 aromatic rings. The van der Waals surface area contributed by atoms with Gasteiger partial charge in [0.25, 0.3) is 0 Å². The highest BCUT2D eigenvalue weighted by Gasteiger charge is 2.33. The lowest BCUT2D eigenvalue weighted by Crippen LogP contribution is -2.24. The largest absolute Gasteiger partial charge is 0.353 e. The third-order valence-electron chi connectivity index (χ3n) is 4.21. The van der Waals surface area contributed by atoms with Crippen LogP contribution in [0.1, 0.15) is 24.1 Å². The summed E-state index contributed by atoms with van der Waals surface area (Å²) >= 11 is 0. The monoisotopic (exact) mass is 295 g/mol. The second-order valence-corrected chi connectivity index (χ2v) is 5.64. The van der Waals surface area contributed by atoms with Crippen LogP contribution in [0, 0.1) is 17.7 Å². The standard InChI is InChI=1S/C17H14FN3O/c18-13-4-1-3-12(9-13)6-7-14-10-16-20-8-2-5-15(20)11-21(16)17(22)19-14/h1,3-4,9-10,15H,2,5,8,11H2/t15-/m0/s1. The fourth-order valence-corrected chi connectivity index (χ4v) is 3.21. The maximum atomic E-state index is 13.1. The average molecular weight is 295 g/mol. The van der Waals surface area contributed by atoms with Crippen molar-refractivity contribution in [2.24, 2.45) is 0 Å². The molecule has 4 nitrogen and oxygen atoms in total. The third kappa shape index (κ3) is 2.17. The Kier molecular flexibility index (Phi) is 2.97. The number of hydrogen-bond acceptors (Lipinski definition) is 3. The minimum atomic E-state index is -0.325. The first kappa shape index (κ1) is 13.1. The molecule has 3 heterocycles. The third-order valence-corrected chi connectivity index (χ3v) is 4.21. The predicted molar refractivity (Wildman–Crippen MR) is 81.2 cm³/mol. The normalized spacial score (nSPS) is 18.6. The summed E-state index contributed by atoms with van der Waals surface area (Å²) < 4.78 is 14.9. The van der Waals surface area contributed by atoms with Crippen molar-refractivity contribution < 1.29 is 4.39 Å². The summed E-state index contributed by atoms with van der Waals surface area (Å²) in [5.41, 5.74) is 0.755. The molecule has 0 saturated carbocycles. The quantitative estimate of drug-likeness (QED) is 0.695. The minimum absolute atomic E-state index is 0.254. The molecule has 5 heteroatoms. The molecule has 0 unspecified atom stereocenters. The van der Waals surface area contributed by atoms with Gasteiger partial charge in [-0.15, -0.1) is 0 Å². The van der Waals surface area contributed by atoms with E-state index in [2.05, 4.69) is 21.7 Å². The lowest BCUT2D eigenvalue weighted by atomic mass is 10.2. The van der Waals surface area contributed by atoms with E-state index >= 15 is 0 Å². The number of rotatable bonds is 0. The summed E-state index contributed by atoms with van der Waals surface area (Å²) in [5.74, 6) is 6.31. The van der Waals surface area contributed by atoms with E-state index in [1.807, 2.05) is 6.07 Å². The Morgan fingerprint density at radius 2 is 2.18 bits per heavy atom. The molecule has 0 spiro atoms. The van der Waals surface area contributed by atoms with Gasteiger partial charge in [0.15, 0.2) is 0 Å². The van der Waals surface area contributed by atoms with Crippen LogP contribution >= 0.6 is 0 Å². The molecule has 1 aromatic heterocycles. The van der Waals surface area contributed by atoms with E-state index in [9.17, 15) is 9.18 Å². The Morgan fingerprint density at radius 1 is 1.27 bits per heavy atom. The molecule has 0 bridgehead atoms. The molecule has 0 radical (unpaired) electrons. The molecule has 2 aliphatic rings. The average Bonchev–Trinajstić information content (AvgIpc) is 3.07. The van der Waals surface area contributed by atoms with Crippen molar-refractivity contribution in [3.05, 3.63) is 57.9 Å². The molecule has 22 heavy (non-hydrogen) atoms. The summed E-state index contributed by atoms with van der Waals surface area (Å²) in [7, 11) is 0. The van der Waals surface area contributed by atoms with Gasteiger partial charge in [0, 0.05) is 30.8 Å². The molecule has 0 aliphatic carbocycles. The highest BCUT2D eigenvalue weighted by atomic mass is 19.1. The Bertz CT molecular complexity index is 862. The highest BCUT2D eigenvalue weighted by molar-refractivity contribution is 5.50. The molecular formula is C17H14FN3O. The zero-order chi connectivity index (χ0) is 15.1. The van der Waals surface area contributed by atoms with Crippen LogP contribution in [0.25, 0.3) is 0 Å². The van der Waals surface area contributed by atoms with Gasteiger partial charge >= 0.3 is 5.69 Å². The van der Waals surface area contributed by atoms with Crippen LogP contribution < -0.4 is 10.6 Å². The van der Waals surface area contributed by atoms with E-state index in [4.69, 9.17) is 0 Å². The predicted octanol–water partition coefficient (Wildman–Crippen LogP) is 1.76. The number of halogens is 1. The Balaban J connectivity index is 1.72. The number of benzene rings is 1. The first-order chi connectivity index (χ1) is 10.7. The SMILES string of the molecule is O=c1nc(C#Cc2cccc(F)c2)cc2n1C[C@@H]1CCCN21. The Morgan fingerprint density at radius 3 is 3.05 bits per heavy atom. The first-order valence-corrected chi connectivity index (χ1v) is 7.37. The van der Waals surface area contributed by atoms with Crippen molar-refractivity contribution in [2.75, 3.05) is 11.4 Å². The van der Waals surface area contributed by atoms with Gasteiger partial charge in [0.05, 0.1) is 0 Å². The van der Waals surface area contributed by atoms with Gasteiger partial charge in [0.2, 0.25) is 0 Å². The van der Waals surface area contributed by atoms with Crippen LogP contribution in [0.3, 0.4) is 0 Å². The van der Waals surface area contributed by atoms with E-state index in [0.717, 1.165) is 31.7 Å². The summed E-state index contributed by atoms with van der Waals surface area (Å²) in [4.78, 5) is 18.4. The van der Waals surface area contributed by atoms with Gasteiger partial charge in [-0.05, 0) is 37.0 Å². The smallest absolute Gasteiger partial charge is 0.350 e. The summed E-state index contributed by atoms with van der Waals surface area (Å²) in [6.45, 7) is 1.70. The van der Waals surface area contributed by atoms with E-state index < -0.39 is 0 Å². The van der Waals surface area contributed by atoms with Crippen molar-refractivity contribution >= 4 is 5.82 Å². The summed E-state index contributed by atoms with van der Waals surface area (Å²) in [5, 5.41) is 0. The lowest BCUT2D eigenvalue weighted by Gasteiger charge is -2.16. The van der Waals surface area contributed by atoms with Crippen molar-refractivity contribution in [3.63, 3.8) is 0 Å². The van der Waals surface area contributed by atoms with Gasteiger partial charge < -0.3 is 4.90 Å². The van der Waals surface area contributed by atoms with Crippen molar-refractivity contribution in [1.29, 1.82) is 0 Å². The molecule has 1 fully saturated rings. The number of nitrogens with zero attached hydrogens (tertiary/aromatic N) is 3. The van der Waals surface area contributed by atoms with Crippen LogP contribution in [-0.4, -0.2) is 22.1 Å². The van der Waals surface area contributed by atoms with Gasteiger partial charge in [0.1, 0.15) is 17.3 Å². The molecule has 0 amide bonds. The molecule has 110 valence electrons. The number of anilines is 1. The van der Waals surface area contributed by atoms with Crippen LogP contribution in [0.4, 0.5) is 10.2 Å². The van der Waals surface area contributed by atoms with Gasteiger partial charge in [-0.2, -0.15) is 4.98 Å². The van der Waals surface area contributed by atoms with E-state index in [1.165, 1.54) is 12.1 Å². The zero-order valence-corrected chi connectivity index (χ0v) is 11.9. The van der Waals surface area contributed by atoms with Gasteiger partial charge in [-0.3, -0.25) is 4.57 Å². The maximum Gasteiger partial charge on any atom is 0.350 e. The van der Waals surface area contributed by atoms with E-state index in [-0.39, 0.29) is 11.5 Å². The minimum Gasteiger partial charge on any atom is -0.353 e. The van der Waals surface area contributed by atoms with Crippen molar-refractivity contribution in [2.45, 2.75) is 25.4 Å².